The van der Waals surface area contributed by atoms with Crippen LogP contribution >= 0.6 is 0 Å². The molecule has 0 spiro atoms. The third-order valence-electron chi connectivity index (χ3n) is 2.26. The zero-order valence-electron chi connectivity index (χ0n) is 11.0. The summed E-state index contributed by atoms with van der Waals surface area (Å²) in [5.41, 5.74) is 3.82. The van der Waals surface area contributed by atoms with Crippen LogP contribution in [0.3, 0.4) is 0 Å². The van der Waals surface area contributed by atoms with Crippen molar-refractivity contribution < 1.29 is 4.74 Å². The Morgan fingerprint density at radius 1 is 1.41 bits per heavy atom. The highest BCUT2D eigenvalue weighted by atomic mass is 16.5. The second-order valence-corrected chi connectivity index (χ2v) is 4.60. The van der Waals surface area contributed by atoms with E-state index in [0.717, 1.165) is 17.9 Å². The Morgan fingerprint density at radius 3 is 2.65 bits per heavy atom. The molecule has 0 aliphatic carbocycles. The summed E-state index contributed by atoms with van der Waals surface area (Å²) in [5, 5.41) is 0. The maximum absolute atomic E-state index is 5.61. The Kier molecular flexibility index (Phi) is 5.34. The molecule has 0 amide bonds. The quantitative estimate of drug-likeness (QED) is 0.570. The van der Waals surface area contributed by atoms with Gasteiger partial charge in [0, 0.05) is 12.7 Å². The normalized spacial score (nSPS) is 13.1. The molecule has 1 aromatic rings. The predicted octanol–water partition coefficient (Wildman–Crippen LogP) is 0.935. The van der Waals surface area contributed by atoms with Crippen molar-refractivity contribution in [1.82, 2.24) is 15.3 Å². The molecule has 0 aliphatic heterocycles. The topological polar surface area (TPSA) is 63.4 Å². The Balaban J connectivity index is 2.81. The highest BCUT2D eigenvalue weighted by Crippen LogP contribution is 2.18. The van der Waals surface area contributed by atoms with Gasteiger partial charge < -0.3 is 9.64 Å². The molecule has 1 atom stereocenters. The van der Waals surface area contributed by atoms with E-state index >= 15 is 0 Å². The molecule has 5 heteroatoms. The first-order chi connectivity index (χ1) is 8.02. The van der Waals surface area contributed by atoms with Gasteiger partial charge in [-0.25, -0.2) is 0 Å². The Morgan fingerprint density at radius 2 is 2.12 bits per heavy atom. The molecule has 0 fully saturated rings. The molecular formula is C12H22N4O. The van der Waals surface area contributed by atoms with E-state index in [0.29, 0.717) is 0 Å². The van der Waals surface area contributed by atoms with Crippen LogP contribution in [0.25, 0.3) is 0 Å². The largest absolute Gasteiger partial charge is 0.489 e. The molecule has 0 saturated carbocycles. The minimum absolute atomic E-state index is 0.0493. The summed E-state index contributed by atoms with van der Waals surface area (Å²) in [7, 11) is 4.01. The maximum Gasteiger partial charge on any atom is 0.138 e. The van der Waals surface area contributed by atoms with Crippen LogP contribution in [0.4, 0.5) is 0 Å². The van der Waals surface area contributed by atoms with Crippen LogP contribution in [-0.4, -0.2) is 36.6 Å². The van der Waals surface area contributed by atoms with Gasteiger partial charge in [-0.2, -0.15) is 0 Å². The van der Waals surface area contributed by atoms with Crippen LogP contribution in [-0.2, 0) is 0 Å². The van der Waals surface area contributed by atoms with Crippen LogP contribution in [0.1, 0.15) is 25.5 Å². The standard InChI is InChI=1S/C12H22N4O/c1-9(2)17-11-5-10(6-14-7-11)12(15-13)8-16(3)4/h5-7,9,12,15H,8,13H2,1-4H3. The second-order valence-electron chi connectivity index (χ2n) is 4.60. The van der Waals surface area contributed by atoms with Gasteiger partial charge in [-0.15, -0.1) is 0 Å². The molecular weight excluding hydrogens is 216 g/mol. The third-order valence-corrected chi connectivity index (χ3v) is 2.26. The molecule has 3 N–H and O–H groups in total. The average Bonchev–Trinajstić information content (AvgIpc) is 2.25. The van der Waals surface area contributed by atoms with Gasteiger partial charge in [0.2, 0.25) is 0 Å². The van der Waals surface area contributed by atoms with E-state index in [-0.39, 0.29) is 12.1 Å². The minimum Gasteiger partial charge on any atom is -0.489 e. The number of pyridine rings is 1. The lowest BCUT2D eigenvalue weighted by Gasteiger charge is -2.21. The number of nitrogens with zero attached hydrogens (tertiary/aromatic N) is 2. The van der Waals surface area contributed by atoms with E-state index in [1.54, 1.807) is 12.4 Å². The first-order valence-electron chi connectivity index (χ1n) is 5.75. The minimum atomic E-state index is 0.0493. The summed E-state index contributed by atoms with van der Waals surface area (Å²) in [6.45, 7) is 4.79. The Labute approximate surface area is 103 Å². The van der Waals surface area contributed by atoms with Gasteiger partial charge in [-0.05, 0) is 39.6 Å². The van der Waals surface area contributed by atoms with E-state index in [1.807, 2.05) is 34.0 Å². The van der Waals surface area contributed by atoms with Gasteiger partial charge in [0.1, 0.15) is 5.75 Å². The molecule has 0 aromatic carbocycles. The van der Waals surface area contributed by atoms with Gasteiger partial charge >= 0.3 is 0 Å². The van der Waals surface area contributed by atoms with E-state index in [2.05, 4.69) is 15.3 Å². The fourth-order valence-corrected chi connectivity index (χ4v) is 1.58. The molecule has 0 aliphatic rings. The number of hydrazine groups is 1. The summed E-state index contributed by atoms with van der Waals surface area (Å²) in [5.74, 6) is 6.33. The lowest BCUT2D eigenvalue weighted by atomic mass is 10.1. The maximum atomic E-state index is 5.61. The second kappa shape index (κ2) is 6.54. The van der Waals surface area contributed by atoms with E-state index in [4.69, 9.17) is 10.6 Å². The van der Waals surface area contributed by atoms with Gasteiger partial charge in [0.05, 0.1) is 18.3 Å². The number of ether oxygens (including phenoxy) is 1. The van der Waals surface area contributed by atoms with Gasteiger partial charge in [-0.1, -0.05) is 0 Å². The highest BCUT2D eigenvalue weighted by Gasteiger charge is 2.12. The first-order valence-corrected chi connectivity index (χ1v) is 5.75. The van der Waals surface area contributed by atoms with Crippen molar-refractivity contribution in [3.8, 4) is 5.75 Å². The fourth-order valence-electron chi connectivity index (χ4n) is 1.58. The third kappa shape index (κ3) is 4.68. The summed E-state index contributed by atoms with van der Waals surface area (Å²) >= 11 is 0. The molecule has 5 nitrogen and oxygen atoms in total. The van der Waals surface area contributed by atoms with E-state index < -0.39 is 0 Å². The smallest absolute Gasteiger partial charge is 0.138 e. The van der Waals surface area contributed by atoms with Crippen LogP contribution in [0, 0.1) is 0 Å². The fraction of sp³-hybridized carbons (Fsp3) is 0.583. The Hall–Kier alpha value is -1.17. The van der Waals surface area contributed by atoms with Crippen molar-refractivity contribution in [2.75, 3.05) is 20.6 Å². The van der Waals surface area contributed by atoms with Crippen molar-refractivity contribution in [3.63, 3.8) is 0 Å². The first kappa shape index (κ1) is 13.9. The van der Waals surface area contributed by atoms with Gasteiger partial charge in [0.25, 0.3) is 0 Å². The molecule has 1 aromatic heterocycles. The lowest BCUT2D eigenvalue weighted by molar-refractivity contribution is 0.240. The summed E-state index contributed by atoms with van der Waals surface area (Å²) in [4.78, 5) is 6.24. The van der Waals surface area contributed by atoms with Crippen molar-refractivity contribution in [2.24, 2.45) is 5.84 Å². The highest BCUT2D eigenvalue weighted by molar-refractivity contribution is 5.26. The molecule has 0 bridgehead atoms. The molecule has 0 radical (unpaired) electrons. The summed E-state index contributed by atoms with van der Waals surface area (Å²) < 4.78 is 5.61. The number of nitrogens with one attached hydrogen (secondary N) is 1. The predicted molar refractivity (Wildman–Crippen MR) is 68.6 cm³/mol. The van der Waals surface area contributed by atoms with Crippen molar-refractivity contribution in [2.45, 2.75) is 26.0 Å². The zero-order valence-corrected chi connectivity index (χ0v) is 11.0. The number of hydrogen-bond acceptors (Lipinski definition) is 5. The van der Waals surface area contributed by atoms with Crippen molar-refractivity contribution in [3.05, 3.63) is 24.0 Å². The van der Waals surface area contributed by atoms with Crippen molar-refractivity contribution in [1.29, 1.82) is 0 Å². The molecule has 17 heavy (non-hydrogen) atoms. The number of likely N-dealkylation sites (N-methyl/N-ethyl adjacent to an activating group) is 1. The van der Waals surface area contributed by atoms with Crippen LogP contribution < -0.4 is 16.0 Å². The number of hydrogen-bond donors (Lipinski definition) is 2. The molecule has 1 unspecified atom stereocenters. The summed E-state index contributed by atoms with van der Waals surface area (Å²) in [6, 6.07) is 2.02. The Bertz CT molecular complexity index is 341. The van der Waals surface area contributed by atoms with Crippen LogP contribution in [0.2, 0.25) is 0 Å². The molecule has 0 saturated heterocycles. The SMILES string of the molecule is CC(C)Oc1cncc(C(CN(C)C)NN)c1. The monoisotopic (exact) mass is 238 g/mol. The van der Waals surface area contributed by atoms with E-state index in [9.17, 15) is 0 Å². The lowest BCUT2D eigenvalue weighted by Crippen LogP contribution is -2.35. The zero-order chi connectivity index (χ0) is 12.8. The molecule has 1 rings (SSSR count). The molecule has 96 valence electrons. The van der Waals surface area contributed by atoms with Crippen LogP contribution in [0.5, 0.6) is 5.75 Å². The van der Waals surface area contributed by atoms with Gasteiger partial charge in [-0.3, -0.25) is 16.3 Å². The summed E-state index contributed by atoms with van der Waals surface area (Å²) in [6.07, 6.45) is 3.67. The number of rotatable bonds is 6. The number of aromatic nitrogens is 1. The number of nitrogens with two attached hydrogens (primary N) is 1. The average molecular weight is 238 g/mol. The van der Waals surface area contributed by atoms with E-state index in [1.165, 1.54) is 0 Å². The van der Waals surface area contributed by atoms with Crippen molar-refractivity contribution >= 4 is 0 Å². The van der Waals surface area contributed by atoms with Crippen LogP contribution in [0.15, 0.2) is 18.5 Å². The molecule has 1 heterocycles. The van der Waals surface area contributed by atoms with Gasteiger partial charge in [0.15, 0.2) is 0 Å².